The molecule has 6 nitrogen and oxygen atoms in total. The van der Waals surface area contributed by atoms with Gasteiger partial charge in [0.2, 0.25) is 0 Å². The van der Waals surface area contributed by atoms with Crippen LogP contribution in [0.5, 0.6) is 11.5 Å². The average molecular weight is 454 g/mol. The second kappa shape index (κ2) is 7.92. The number of rotatable bonds is 6. The van der Waals surface area contributed by atoms with Gasteiger partial charge in [0.15, 0.2) is 5.82 Å². The van der Waals surface area contributed by atoms with E-state index in [9.17, 15) is 10.2 Å². The molecule has 0 bridgehead atoms. The first-order chi connectivity index (χ1) is 16.6. The summed E-state index contributed by atoms with van der Waals surface area (Å²) in [5, 5.41) is 20.9. The highest BCUT2D eigenvalue weighted by Gasteiger charge is 2.27. The highest BCUT2D eigenvalue weighted by Crippen LogP contribution is 2.40. The third kappa shape index (κ3) is 3.25. The predicted octanol–water partition coefficient (Wildman–Crippen LogP) is 5.48. The second-order valence-corrected chi connectivity index (χ2v) is 9.15. The Kier molecular flexibility index (Phi) is 4.85. The zero-order valence-electron chi connectivity index (χ0n) is 19.3. The van der Waals surface area contributed by atoms with Crippen molar-refractivity contribution < 1.29 is 14.9 Å². The molecular formula is C28H27N3O3. The number of nitrogens with zero attached hydrogens (tertiary/aromatic N) is 3. The summed E-state index contributed by atoms with van der Waals surface area (Å²) < 4.78 is 10.1. The van der Waals surface area contributed by atoms with E-state index >= 15 is 0 Å². The van der Waals surface area contributed by atoms with Gasteiger partial charge in [-0.2, -0.15) is 0 Å². The van der Waals surface area contributed by atoms with Crippen molar-refractivity contribution in [1.29, 1.82) is 0 Å². The molecule has 34 heavy (non-hydrogen) atoms. The van der Waals surface area contributed by atoms with Crippen molar-refractivity contribution in [1.82, 2.24) is 14.1 Å². The SMILES string of the molecule is COc1cccc2nc(-c3cc4cccc(-c5ccc(O)c(CO)c5)c4n3CC3CC3)n(C)c12. The summed E-state index contributed by atoms with van der Waals surface area (Å²) in [6.07, 6.45) is 2.48. The lowest BCUT2D eigenvalue weighted by Gasteiger charge is -2.14. The summed E-state index contributed by atoms with van der Waals surface area (Å²) in [5.74, 6) is 2.49. The van der Waals surface area contributed by atoms with Crippen LogP contribution in [0.15, 0.2) is 60.7 Å². The van der Waals surface area contributed by atoms with E-state index in [1.807, 2.05) is 37.4 Å². The molecule has 0 aliphatic heterocycles. The molecular weight excluding hydrogens is 426 g/mol. The topological polar surface area (TPSA) is 72.4 Å². The quantitative estimate of drug-likeness (QED) is 0.357. The summed E-state index contributed by atoms with van der Waals surface area (Å²) in [6.45, 7) is 0.729. The van der Waals surface area contributed by atoms with Crippen LogP contribution in [0.25, 0.3) is 44.6 Å². The van der Waals surface area contributed by atoms with Crippen LogP contribution in [0.3, 0.4) is 0 Å². The van der Waals surface area contributed by atoms with E-state index in [0.717, 1.165) is 56.9 Å². The lowest BCUT2D eigenvalue weighted by atomic mass is 10.0. The number of methoxy groups -OCH3 is 1. The van der Waals surface area contributed by atoms with Gasteiger partial charge < -0.3 is 24.1 Å². The predicted molar refractivity (Wildman–Crippen MR) is 134 cm³/mol. The number of aromatic hydroxyl groups is 1. The monoisotopic (exact) mass is 453 g/mol. The second-order valence-electron chi connectivity index (χ2n) is 9.15. The number of aryl methyl sites for hydroxylation is 1. The van der Waals surface area contributed by atoms with Crippen molar-refractivity contribution in [3.63, 3.8) is 0 Å². The molecule has 0 unspecified atom stereocenters. The first kappa shape index (κ1) is 20.8. The van der Waals surface area contributed by atoms with E-state index in [0.29, 0.717) is 11.5 Å². The normalized spacial score (nSPS) is 13.7. The van der Waals surface area contributed by atoms with Crippen LogP contribution < -0.4 is 4.74 Å². The maximum absolute atomic E-state index is 10.1. The molecule has 0 radical (unpaired) electrons. The zero-order valence-corrected chi connectivity index (χ0v) is 19.3. The van der Waals surface area contributed by atoms with Crippen molar-refractivity contribution >= 4 is 21.9 Å². The molecule has 1 saturated carbocycles. The van der Waals surface area contributed by atoms with Crippen molar-refractivity contribution in [3.8, 4) is 34.1 Å². The molecule has 1 fully saturated rings. The first-order valence-corrected chi connectivity index (χ1v) is 11.6. The van der Waals surface area contributed by atoms with Gasteiger partial charge in [-0.3, -0.25) is 0 Å². The minimum absolute atomic E-state index is 0.112. The van der Waals surface area contributed by atoms with Gasteiger partial charge >= 0.3 is 0 Å². The number of para-hydroxylation sites is 2. The Labute approximate surface area is 197 Å². The van der Waals surface area contributed by atoms with Gasteiger partial charge in [0.25, 0.3) is 0 Å². The standard InChI is InChI=1S/C28H27N3O3/c1-30-27-22(7-4-8-25(27)34-2)29-28(30)23-14-19-5-3-6-21(26(19)31(23)15-17-9-10-17)18-11-12-24(33)20(13-18)16-32/h3-8,11-14,17,32-33H,9-10,15-16H2,1-2H3. The number of phenols is 1. The number of aromatic nitrogens is 3. The lowest BCUT2D eigenvalue weighted by molar-refractivity contribution is 0.275. The van der Waals surface area contributed by atoms with Crippen LogP contribution in [-0.4, -0.2) is 31.4 Å². The summed E-state index contributed by atoms with van der Waals surface area (Å²) >= 11 is 0. The van der Waals surface area contributed by atoms with Crippen LogP contribution in [0, 0.1) is 5.92 Å². The maximum atomic E-state index is 10.1. The van der Waals surface area contributed by atoms with E-state index in [-0.39, 0.29) is 12.4 Å². The molecule has 2 N–H and O–H groups in total. The largest absolute Gasteiger partial charge is 0.508 e. The Morgan fingerprint density at radius 2 is 1.85 bits per heavy atom. The van der Waals surface area contributed by atoms with E-state index in [1.165, 1.54) is 12.8 Å². The summed E-state index contributed by atoms with van der Waals surface area (Å²) in [7, 11) is 3.73. The molecule has 2 aromatic heterocycles. The van der Waals surface area contributed by atoms with Crippen LogP contribution in [0.1, 0.15) is 18.4 Å². The molecule has 6 rings (SSSR count). The summed E-state index contributed by atoms with van der Waals surface area (Å²) in [4.78, 5) is 5.01. The van der Waals surface area contributed by atoms with Gasteiger partial charge in [-0.25, -0.2) is 4.98 Å². The van der Waals surface area contributed by atoms with Gasteiger partial charge in [-0.15, -0.1) is 0 Å². The maximum Gasteiger partial charge on any atom is 0.157 e. The molecule has 0 saturated heterocycles. The van der Waals surface area contributed by atoms with Crippen LogP contribution in [-0.2, 0) is 20.2 Å². The minimum Gasteiger partial charge on any atom is -0.508 e. The van der Waals surface area contributed by atoms with E-state index in [2.05, 4.69) is 33.4 Å². The van der Waals surface area contributed by atoms with Gasteiger partial charge in [-0.1, -0.05) is 30.3 Å². The summed E-state index contributed by atoms with van der Waals surface area (Å²) in [5.41, 5.74) is 6.70. The molecule has 1 aliphatic carbocycles. The van der Waals surface area contributed by atoms with Crippen LogP contribution >= 0.6 is 0 Å². The lowest BCUT2D eigenvalue weighted by Crippen LogP contribution is -2.05. The number of ether oxygens (including phenoxy) is 1. The molecule has 0 atom stereocenters. The number of aliphatic hydroxyl groups is 1. The minimum atomic E-state index is -0.203. The molecule has 2 heterocycles. The highest BCUT2D eigenvalue weighted by atomic mass is 16.5. The number of fused-ring (bicyclic) bond motifs is 2. The van der Waals surface area contributed by atoms with Gasteiger partial charge in [0.05, 0.1) is 30.4 Å². The molecule has 3 aromatic carbocycles. The Hall–Kier alpha value is -3.77. The molecule has 0 amide bonds. The number of hydrogen-bond acceptors (Lipinski definition) is 4. The molecule has 1 aliphatic rings. The third-order valence-corrected chi connectivity index (χ3v) is 6.92. The Morgan fingerprint density at radius 3 is 2.62 bits per heavy atom. The highest BCUT2D eigenvalue weighted by molar-refractivity contribution is 5.98. The number of aliphatic hydroxyl groups excluding tert-OH is 1. The van der Waals surface area contributed by atoms with Crippen LogP contribution in [0.4, 0.5) is 0 Å². The first-order valence-electron chi connectivity index (χ1n) is 11.6. The average Bonchev–Trinajstić information content (AvgIpc) is 3.52. The van der Waals surface area contributed by atoms with Gasteiger partial charge in [-0.05, 0) is 54.7 Å². The van der Waals surface area contributed by atoms with Crippen LogP contribution in [0.2, 0.25) is 0 Å². The number of hydrogen-bond donors (Lipinski definition) is 2. The Morgan fingerprint density at radius 1 is 1.03 bits per heavy atom. The number of imidazole rings is 1. The molecule has 5 aromatic rings. The Balaban J connectivity index is 1.62. The fraction of sp³-hybridized carbons (Fsp3) is 0.250. The van der Waals surface area contributed by atoms with Crippen molar-refractivity contribution in [2.24, 2.45) is 13.0 Å². The van der Waals surface area contributed by atoms with E-state index in [4.69, 9.17) is 9.72 Å². The fourth-order valence-corrected chi connectivity index (χ4v) is 5.00. The van der Waals surface area contributed by atoms with Crippen molar-refractivity contribution in [2.75, 3.05) is 7.11 Å². The van der Waals surface area contributed by atoms with Crippen molar-refractivity contribution in [2.45, 2.75) is 26.0 Å². The van der Waals surface area contributed by atoms with Gasteiger partial charge in [0.1, 0.15) is 17.0 Å². The molecule has 0 spiro atoms. The summed E-state index contributed by atoms with van der Waals surface area (Å²) in [6, 6.07) is 19.9. The molecule has 172 valence electrons. The van der Waals surface area contributed by atoms with Gasteiger partial charge in [0, 0.05) is 30.1 Å². The van der Waals surface area contributed by atoms with E-state index < -0.39 is 0 Å². The molecule has 6 heteroatoms. The fourth-order valence-electron chi connectivity index (χ4n) is 5.00. The Bertz CT molecular complexity index is 1540. The number of benzene rings is 3. The zero-order chi connectivity index (χ0) is 23.4. The van der Waals surface area contributed by atoms with Crippen molar-refractivity contribution in [3.05, 3.63) is 66.2 Å². The third-order valence-electron chi connectivity index (χ3n) is 6.92. The van der Waals surface area contributed by atoms with E-state index in [1.54, 1.807) is 13.2 Å². The smallest absolute Gasteiger partial charge is 0.157 e.